The predicted molar refractivity (Wildman–Crippen MR) is 111 cm³/mol. The Bertz CT molecular complexity index is 831. The van der Waals surface area contributed by atoms with Crippen LogP contribution in [0.3, 0.4) is 0 Å². The van der Waals surface area contributed by atoms with Gasteiger partial charge in [0, 0.05) is 43.1 Å². The summed E-state index contributed by atoms with van der Waals surface area (Å²) in [5.74, 6) is 0.0184. The maximum absolute atomic E-state index is 12.8. The second-order valence-corrected chi connectivity index (χ2v) is 7.41. The lowest BCUT2D eigenvalue weighted by Gasteiger charge is -2.32. The van der Waals surface area contributed by atoms with Crippen LogP contribution in [0.1, 0.15) is 24.0 Å². The zero-order valence-electron chi connectivity index (χ0n) is 15.9. The molecule has 0 aliphatic carbocycles. The van der Waals surface area contributed by atoms with Crippen molar-refractivity contribution in [2.45, 2.75) is 18.9 Å². The lowest BCUT2D eigenvalue weighted by Crippen LogP contribution is -2.44. The minimum Gasteiger partial charge on any atom is -0.397 e. The molecule has 0 bridgehead atoms. The van der Waals surface area contributed by atoms with E-state index in [0.717, 1.165) is 16.8 Å². The maximum atomic E-state index is 12.8. The van der Waals surface area contributed by atoms with Crippen molar-refractivity contribution in [3.8, 4) is 0 Å². The van der Waals surface area contributed by atoms with Crippen LogP contribution >= 0.6 is 11.6 Å². The number of rotatable bonds is 5. The Hall–Kier alpha value is -2.57. The number of amides is 1. The molecule has 148 valence electrons. The number of pyridine rings is 1. The third kappa shape index (κ3) is 4.82. The molecule has 1 saturated heterocycles. The Balaban J connectivity index is 1.87. The van der Waals surface area contributed by atoms with Gasteiger partial charge in [0.1, 0.15) is 0 Å². The highest BCUT2D eigenvalue weighted by molar-refractivity contribution is 6.30. The number of halogens is 1. The number of carbonyl (C=O) groups excluding carboxylic acids is 1. The third-order valence-corrected chi connectivity index (χ3v) is 5.19. The summed E-state index contributed by atoms with van der Waals surface area (Å²) < 4.78 is 0. The fraction of sp³-hybridized carbons (Fsp3) is 0.333. The summed E-state index contributed by atoms with van der Waals surface area (Å²) in [6.45, 7) is 1.35. The number of piperidine rings is 1. The van der Waals surface area contributed by atoms with Crippen molar-refractivity contribution >= 4 is 28.9 Å². The number of nitrogens with zero attached hydrogens (tertiary/aromatic N) is 3. The van der Waals surface area contributed by atoms with Crippen LogP contribution in [0.5, 0.6) is 0 Å². The molecular weight excluding hydrogens is 376 g/mol. The zero-order valence-corrected chi connectivity index (χ0v) is 16.6. The van der Waals surface area contributed by atoms with Crippen molar-refractivity contribution in [1.82, 2.24) is 14.8 Å². The number of likely N-dealkylation sites (N-methyl/N-ethyl adjacent to an activating group) is 1. The van der Waals surface area contributed by atoms with Crippen LogP contribution in [-0.2, 0) is 4.79 Å². The quantitative estimate of drug-likeness (QED) is 0.805. The third-order valence-electron chi connectivity index (χ3n) is 4.94. The second kappa shape index (κ2) is 9.08. The van der Waals surface area contributed by atoms with Gasteiger partial charge in [0.25, 0.3) is 0 Å². The normalized spacial score (nSPS) is 15.9. The Morgan fingerprint density at radius 3 is 2.39 bits per heavy atom. The van der Waals surface area contributed by atoms with Crippen LogP contribution in [-0.4, -0.2) is 58.6 Å². The average Bonchev–Trinajstić information content (AvgIpc) is 2.70. The number of aliphatic hydroxyl groups is 1. The summed E-state index contributed by atoms with van der Waals surface area (Å²) in [5.41, 5.74) is 9.54. The molecule has 28 heavy (non-hydrogen) atoms. The van der Waals surface area contributed by atoms with E-state index in [9.17, 15) is 9.90 Å². The Kier molecular flexibility index (Phi) is 6.54. The molecule has 0 unspecified atom stereocenters. The van der Waals surface area contributed by atoms with Crippen LogP contribution in [0.4, 0.5) is 0 Å². The van der Waals surface area contributed by atoms with E-state index >= 15 is 0 Å². The molecule has 0 radical (unpaired) electrons. The number of aromatic nitrogens is 1. The summed E-state index contributed by atoms with van der Waals surface area (Å²) in [4.78, 5) is 20.5. The number of hydrogen-bond acceptors (Lipinski definition) is 5. The Labute approximate surface area is 170 Å². The van der Waals surface area contributed by atoms with E-state index in [4.69, 9.17) is 17.3 Å². The van der Waals surface area contributed by atoms with E-state index in [0.29, 0.717) is 36.7 Å². The summed E-state index contributed by atoms with van der Waals surface area (Å²) in [6, 6.07) is 11.0. The van der Waals surface area contributed by atoms with Gasteiger partial charge < -0.3 is 20.6 Å². The van der Waals surface area contributed by atoms with Gasteiger partial charge in [0.2, 0.25) is 5.91 Å². The average molecular weight is 401 g/mol. The number of carbonyl (C=O) groups is 1. The van der Waals surface area contributed by atoms with E-state index in [1.54, 1.807) is 29.4 Å². The minimum atomic E-state index is -0.311. The first-order valence-corrected chi connectivity index (χ1v) is 9.66. The van der Waals surface area contributed by atoms with Gasteiger partial charge in [-0.3, -0.25) is 9.78 Å². The van der Waals surface area contributed by atoms with Gasteiger partial charge in [0.15, 0.2) is 0 Å². The molecule has 1 aliphatic heterocycles. The summed E-state index contributed by atoms with van der Waals surface area (Å²) in [5, 5.41) is 10.3. The first-order chi connectivity index (χ1) is 13.5. The lowest BCUT2D eigenvalue weighted by molar-refractivity contribution is -0.133. The van der Waals surface area contributed by atoms with Gasteiger partial charge in [-0.1, -0.05) is 23.7 Å². The number of likely N-dealkylation sites (tertiary alicyclic amines) is 1. The van der Waals surface area contributed by atoms with E-state index in [1.165, 1.54) is 0 Å². The minimum absolute atomic E-state index is 0.0184. The summed E-state index contributed by atoms with van der Waals surface area (Å²) in [7, 11) is 1.86. The van der Waals surface area contributed by atoms with Crippen molar-refractivity contribution < 1.29 is 9.90 Å². The van der Waals surface area contributed by atoms with Gasteiger partial charge >= 0.3 is 0 Å². The molecule has 2 aromatic rings. The molecule has 0 spiro atoms. The van der Waals surface area contributed by atoms with Gasteiger partial charge in [-0.05, 0) is 42.7 Å². The zero-order chi connectivity index (χ0) is 20.1. The summed E-state index contributed by atoms with van der Waals surface area (Å²) >= 11 is 6.00. The highest BCUT2D eigenvalue weighted by atomic mass is 35.5. The molecular formula is C21H25ClN4O2. The molecule has 1 aliphatic rings. The van der Waals surface area contributed by atoms with Crippen molar-refractivity contribution in [1.29, 1.82) is 0 Å². The molecule has 1 aromatic heterocycles. The predicted octanol–water partition coefficient (Wildman–Crippen LogP) is 2.43. The van der Waals surface area contributed by atoms with E-state index in [-0.39, 0.29) is 18.6 Å². The highest BCUT2D eigenvalue weighted by Gasteiger charge is 2.23. The number of aliphatic hydroxyl groups excluding tert-OH is 1. The highest BCUT2D eigenvalue weighted by Crippen LogP contribution is 2.26. The van der Waals surface area contributed by atoms with E-state index < -0.39 is 0 Å². The number of nitrogens with two attached hydrogens (primary N) is 1. The molecule has 1 aromatic carbocycles. The van der Waals surface area contributed by atoms with Crippen LogP contribution < -0.4 is 5.73 Å². The van der Waals surface area contributed by atoms with Crippen LogP contribution in [0, 0.1) is 0 Å². The standard InChI is InChI=1S/C21H25ClN4O2/c1-25(14-19(28)26-12-8-18(27)9-13-26)21(16-6-10-24-11-7-16)20(23)15-2-4-17(22)5-3-15/h2-7,10-11,18,27H,8-9,12-14,23H2,1H3/b21-20-. The molecule has 6 nitrogen and oxygen atoms in total. The van der Waals surface area contributed by atoms with Crippen LogP contribution in [0.2, 0.25) is 5.02 Å². The van der Waals surface area contributed by atoms with Crippen LogP contribution in [0.25, 0.3) is 11.4 Å². The fourth-order valence-corrected chi connectivity index (χ4v) is 3.48. The van der Waals surface area contributed by atoms with Gasteiger partial charge in [-0.15, -0.1) is 0 Å². The van der Waals surface area contributed by atoms with Gasteiger partial charge in [-0.2, -0.15) is 0 Å². The number of benzene rings is 1. The van der Waals surface area contributed by atoms with Crippen molar-refractivity contribution in [3.63, 3.8) is 0 Å². The second-order valence-electron chi connectivity index (χ2n) is 6.97. The Morgan fingerprint density at radius 2 is 1.79 bits per heavy atom. The monoisotopic (exact) mass is 400 g/mol. The van der Waals surface area contributed by atoms with Gasteiger partial charge in [0.05, 0.1) is 24.0 Å². The maximum Gasteiger partial charge on any atom is 0.242 e. The lowest BCUT2D eigenvalue weighted by atomic mass is 10.0. The van der Waals surface area contributed by atoms with Crippen molar-refractivity contribution in [3.05, 3.63) is 64.9 Å². The summed E-state index contributed by atoms with van der Waals surface area (Å²) in [6.07, 6.45) is 4.33. The molecule has 3 N–H and O–H groups in total. The van der Waals surface area contributed by atoms with Gasteiger partial charge in [-0.25, -0.2) is 0 Å². The fourth-order valence-electron chi connectivity index (χ4n) is 3.35. The van der Waals surface area contributed by atoms with E-state index in [2.05, 4.69) is 4.98 Å². The first-order valence-electron chi connectivity index (χ1n) is 9.28. The number of hydrogen-bond donors (Lipinski definition) is 2. The van der Waals surface area contributed by atoms with Crippen LogP contribution in [0.15, 0.2) is 48.8 Å². The first kappa shape index (κ1) is 20.2. The molecule has 1 fully saturated rings. The van der Waals surface area contributed by atoms with Crippen molar-refractivity contribution in [2.24, 2.45) is 5.73 Å². The Morgan fingerprint density at radius 1 is 1.18 bits per heavy atom. The largest absolute Gasteiger partial charge is 0.397 e. The van der Waals surface area contributed by atoms with E-state index in [1.807, 2.05) is 36.2 Å². The SMILES string of the molecule is CN(CC(=O)N1CCC(O)CC1)/C(=C(\N)c1ccc(Cl)cc1)c1ccncc1. The molecule has 1 amide bonds. The molecule has 2 heterocycles. The molecule has 0 saturated carbocycles. The van der Waals surface area contributed by atoms with Crippen molar-refractivity contribution in [2.75, 3.05) is 26.7 Å². The molecule has 0 atom stereocenters. The topological polar surface area (TPSA) is 82.7 Å². The molecule has 7 heteroatoms. The molecule has 3 rings (SSSR count). The smallest absolute Gasteiger partial charge is 0.242 e.